The Balaban J connectivity index is 1.40. The fraction of sp³-hybridized carbons (Fsp3) is 0.435. The summed E-state index contributed by atoms with van der Waals surface area (Å²) in [5, 5.41) is 2.98. The monoisotopic (exact) mass is 413 g/mol. The summed E-state index contributed by atoms with van der Waals surface area (Å²) in [6, 6.07) is 14.9. The molecule has 0 radical (unpaired) electrons. The van der Waals surface area contributed by atoms with E-state index >= 15 is 0 Å². The van der Waals surface area contributed by atoms with E-state index in [1.807, 2.05) is 55.5 Å². The van der Waals surface area contributed by atoms with Gasteiger partial charge in [0.05, 0.1) is 25.9 Å². The van der Waals surface area contributed by atoms with E-state index in [1.54, 1.807) is 14.2 Å². The maximum atomic E-state index is 12.7. The number of ether oxygens (including phenoxy) is 3. The number of benzene rings is 2. The highest BCUT2D eigenvalue weighted by molar-refractivity contribution is 5.95. The first-order valence-corrected chi connectivity index (χ1v) is 10.3. The molecular weight excluding hydrogens is 382 g/mol. The van der Waals surface area contributed by atoms with Gasteiger partial charge in [0.1, 0.15) is 23.9 Å². The minimum atomic E-state index is -0.201. The highest BCUT2D eigenvalue weighted by Gasteiger charge is 2.26. The molecule has 1 heterocycles. The second-order valence-corrected chi connectivity index (χ2v) is 7.27. The standard InChI is InChI=1S/C23H31N3O4/c1-18(23(27)24-21-6-4-5-7-22(21)29-3)26-14-12-25(13-15-26)16-17-30-20-10-8-19(28-2)9-11-20/h4-11,18H,12-17H2,1-3H3,(H,24,27)/t18-/m0/s1. The summed E-state index contributed by atoms with van der Waals surface area (Å²) in [5.74, 6) is 2.31. The van der Waals surface area contributed by atoms with Crippen LogP contribution >= 0.6 is 0 Å². The van der Waals surface area contributed by atoms with Crippen molar-refractivity contribution in [3.05, 3.63) is 48.5 Å². The summed E-state index contributed by atoms with van der Waals surface area (Å²) >= 11 is 0. The number of methoxy groups -OCH3 is 2. The number of piperazine rings is 1. The maximum absolute atomic E-state index is 12.7. The second kappa shape index (κ2) is 10.8. The number of anilines is 1. The van der Waals surface area contributed by atoms with Crippen LogP contribution in [0.2, 0.25) is 0 Å². The van der Waals surface area contributed by atoms with Gasteiger partial charge in [0.2, 0.25) is 5.91 Å². The van der Waals surface area contributed by atoms with E-state index in [4.69, 9.17) is 14.2 Å². The molecule has 0 spiro atoms. The molecular formula is C23H31N3O4. The minimum absolute atomic E-state index is 0.0178. The molecule has 0 saturated carbocycles. The highest BCUT2D eigenvalue weighted by Crippen LogP contribution is 2.23. The third kappa shape index (κ3) is 5.87. The van der Waals surface area contributed by atoms with Crippen LogP contribution < -0.4 is 19.5 Å². The Morgan fingerprint density at radius 1 is 0.967 bits per heavy atom. The number of para-hydroxylation sites is 2. The van der Waals surface area contributed by atoms with Crippen molar-refractivity contribution >= 4 is 11.6 Å². The van der Waals surface area contributed by atoms with Crippen LogP contribution in [0.25, 0.3) is 0 Å². The molecule has 30 heavy (non-hydrogen) atoms. The number of carbonyl (C=O) groups excluding carboxylic acids is 1. The second-order valence-electron chi connectivity index (χ2n) is 7.27. The molecule has 7 heteroatoms. The molecule has 1 N–H and O–H groups in total. The van der Waals surface area contributed by atoms with Crippen molar-refractivity contribution in [2.75, 3.05) is 58.9 Å². The molecule has 1 aliphatic rings. The van der Waals surface area contributed by atoms with Crippen molar-refractivity contribution in [2.24, 2.45) is 0 Å². The molecule has 1 amide bonds. The quantitative estimate of drug-likeness (QED) is 0.682. The van der Waals surface area contributed by atoms with Crippen LogP contribution in [-0.4, -0.2) is 75.3 Å². The average molecular weight is 414 g/mol. The summed E-state index contributed by atoms with van der Waals surface area (Å²) in [4.78, 5) is 17.3. The summed E-state index contributed by atoms with van der Waals surface area (Å²) in [6.45, 7) is 6.98. The largest absolute Gasteiger partial charge is 0.497 e. The van der Waals surface area contributed by atoms with Crippen LogP contribution in [0.1, 0.15) is 6.92 Å². The number of nitrogens with zero attached hydrogens (tertiary/aromatic N) is 2. The number of hydrogen-bond donors (Lipinski definition) is 1. The predicted molar refractivity (Wildman–Crippen MR) is 118 cm³/mol. The first kappa shape index (κ1) is 21.9. The molecule has 0 bridgehead atoms. The average Bonchev–Trinajstić information content (AvgIpc) is 2.80. The molecule has 162 valence electrons. The van der Waals surface area contributed by atoms with Crippen molar-refractivity contribution in [3.63, 3.8) is 0 Å². The third-order valence-electron chi connectivity index (χ3n) is 5.43. The Hall–Kier alpha value is -2.77. The van der Waals surface area contributed by atoms with Gasteiger partial charge in [-0.25, -0.2) is 0 Å². The van der Waals surface area contributed by atoms with Gasteiger partial charge >= 0.3 is 0 Å². The van der Waals surface area contributed by atoms with Crippen LogP contribution in [-0.2, 0) is 4.79 Å². The van der Waals surface area contributed by atoms with E-state index in [9.17, 15) is 4.79 Å². The summed E-state index contributed by atoms with van der Waals surface area (Å²) in [6.07, 6.45) is 0. The van der Waals surface area contributed by atoms with Crippen LogP contribution in [0.3, 0.4) is 0 Å². The SMILES string of the molecule is COc1ccc(OCCN2CCN([C@@H](C)C(=O)Nc3ccccc3OC)CC2)cc1. The molecule has 2 aromatic rings. The molecule has 3 rings (SSSR count). The molecule has 7 nitrogen and oxygen atoms in total. The van der Waals surface area contributed by atoms with Gasteiger partial charge < -0.3 is 19.5 Å². The van der Waals surface area contributed by atoms with Crippen molar-refractivity contribution in [1.82, 2.24) is 9.80 Å². The van der Waals surface area contributed by atoms with Crippen molar-refractivity contribution in [3.8, 4) is 17.2 Å². The number of hydrogen-bond acceptors (Lipinski definition) is 6. The van der Waals surface area contributed by atoms with Gasteiger partial charge in [0, 0.05) is 32.7 Å². The number of rotatable bonds is 9. The van der Waals surface area contributed by atoms with Gasteiger partial charge in [-0.05, 0) is 43.3 Å². The third-order valence-corrected chi connectivity index (χ3v) is 5.43. The Kier molecular flexibility index (Phi) is 7.93. The molecule has 1 fully saturated rings. The molecule has 1 saturated heterocycles. The lowest BCUT2D eigenvalue weighted by Crippen LogP contribution is -2.53. The van der Waals surface area contributed by atoms with Gasteiger partial charge in [-0.3, -0.25) is 14.6 Å². The normalized spacial score (nSPS) is 16.0. The van der Waals surface area contributed by atoms with Gasteiger partial charge in [-0.2, -0.15) is 0 Å². The number of nitrogens with one attached hydrogen (secondary N) is 1. The molecule has 0 aliphatic carbocycles. The van der Waals surface area contributed by atoms with Crippen molar-refractivity contribution in [2.45, 2.75) is 13.0 Å². The lowest BCUT2D eigenvalue weighted by atomic mass is 10.2. The zero-order valence-electron chi connectivity index (χ0n) is 18.0. The lowest BCUT2D eigenvalue weighted by Gasteiger charge is -2.37. The molecule has 1 aliphatic heterocycles. The van der Waals surface area contributed by atoms with Gasteiger partial charge in [-0.15, -0.1) is 0 Å². The minimum Gasteiger partial charge on any atom is -0.497 e. The molecule has 0 aromatic heterocycles. The number of carbonyl (C=O) groups is 1. The zero-order valence-corrected chi connectivity index (χ0v) is 18.0. The fourth-order valence-corrected chi connectivity index (χ4v) is 3.49. The Morgan fingerprint density at radius 2 is 1.63 bits per heavy atom. The van der Waals surface area contributed by atoms with Crippen LogP contribution in [0.15, 0.2) is 48.5 Å². The summed E-state index contributed by atoms with van der Waals surface area (Å²) in [5.41, 5.74) is 0.700. The highest BCUT2D eigenvalue weighted by atomic mass is 16.5. The fourth-order valence-electron chi connectivity index (χ4n) is 3.49. The van der Waals surface area contributed by atoms with E-state index in [0.29, 0.717) is 18.0 Å². The Morgan fingerprint density at radius 3 is 2.30 bits per heavy atom. The van der Waals surface area contributed by atoms with Gasteiger partial charge in [0.25, 0.3) is 0 Å². The first-order valence-electron chi connectivity index (χ1n) is 10.3. The van der Waals surface area contributed by atoms with Gasteiger partial charge in [0.15, 0.2) is 0 Å². The van der Waals surface area contributed by atoms with E-state index in [1.165, 1.54) is 0 Å². The molecule has 0 unspecified atom stereocenters. The Bertz CT molecular complexity index is 804. The van der Waals surface area contributed by atoms with Crippen molar-refractivity contribution in [1.29, 1.82) is 0 Å². The summed E-state index contributed by atoms with van der Waals surface area (Å²) < 4.78 is 16.3. The first-order chi connectivity index (χ1) is 14.6. The Labute approximate surface area is 178 Å². The molecule has 1 atom stereocenters. The van der Waals surface area contributed by atoms with Crippen LogP contribution in [0.5, 0.6) is 17.2 Å². The van der Waals surface area contributed by atoms with E-state index in [0.717, 1.165) is 44.2 Å². The smallest absolute Gasteiger partial charge is 0.241 e. The van der Waals surface area contributed by atoms with E-state index in [2.05, 4.69) is 15.1 Å². The van der Waals surface area contributed by atoms with E-state index < -0.39 is 0 Å². The van der Waals surface area contributed by atoms with Crippen molar-refractivity contribution < 1.29 is 19.0 Å². The molecule has 2 aromatic carbocycles. The summed E-state index contributed by atoms with van der Waals surface area (Å²) in [7, 11) is 3.25. The number of amides is 1. The lowest BCUT2D eigenvalue weighted by molar-refractivity contribution is -0.121. The van der Waals surface area contributed by atoms with Crippen LogP contribution in [0, 0.1) is 0 Å². The van der Waals surface area contributed by atoms with Gasteiger partial charge in [-0.1, -0.05) is 12.1 Å². The van der Waals surface area contributed by atoms with E-state index in [-0.39, 0.29) is 11.9 Å². The topological polar surface area (TPSA) is 63.3 Å². The zero-order chi connectivity index (χ0) is 21.3. The maximum Gasteiger partial charge on any atom is 0.241 e. The predicted octanol–water partition coefficient (Wildman–Crippen LogP) is 2.73. The van der Waals surface area contributed by atoms with Crippen LogP contribution in [0.4, 0.5) is 5.69 Å².